The molecule has 6 nitrogen and oxygen atoms in total. The molecule has 0 aromatic carbocycles. The van der Waals surface area contributed by atoms with Gasteiger partial charge in [-0.25, -0.2) is 0 Å². The van der Waals surface area contributed by atoms with Crippen molar-refractivity contribution < 1.29 is 13.1 Å². The summed E-state index contributed by atoms with van der Waals surface area (Å²) >= 11 is 0.00694. The molecule has 1 aliphatic heterocycles. The van der Waals surface area contributed by atoms with Gasteiger partial charge >= 0.3 is 33.3 Å². The van der Waals surface area contributed by atoms with E-state index in [1.807, 2.05) is 0 Å². The summed E-state index contributed by atoms with van der Waals surface area (Å²) in [4.78, 5) is 0. The van der Waals surface area contributed by atoms with Gasteiger partial charge in [0.15, 0.2) is 0 Å². The zero-order valence-electron chi connectivity index (χ0n) is 15.8. The van der Waals surface area contributed by atoms with Crippen LogP contribution in [0.5, 0.6) is 0 Å². The van der Waals surface area contributed by atoms with Gasteiger partial charge in [-0.15, -0.1) is 0 Å². The van der Waals surface area contributed by atoms with Crippen LogP contribution in [0.4, 0.5) is 0 Å². The number of halogens is 2. The van der Waals surface area contributed by atoms with Gasteiger partial charge < -0.3 is 32.3 Å². The molecule has 9 heteroatoms. The second kappa shape index (κ2) is 17.9. The summed E-state index contributed by atoms with van der Waals surface area (Å²) < 4.78 is 0. The van der Waals surface area contributed by atoms with Gasteiger partial charge in [0.05, 0.1) is 0 Å². The van der Waals surface area contributed by atoms with Crippen LogP contribution in [0, 0.1) is 0 Å². The van der Waals surface area contributed by atoms with Crippen LogP contribution in [0.3, 0.4) is 0 Å². The fourth-order valence-electron chi connectivity index (χ4n) is 3.69. The molecule has 2 aliphatic rings. The van der Waals surface area contributed by atoms with Crippen LogP contribution in [-0.2, 0) is 13.1 Å². The Bertz CT molecular complexity index is 317. The van der Waals surface area contributed by atoms with Gasteiger partial charge in [0.2, 0.25) is 0 Å². The Morgan fingerprint density at radius 2 is 1.35 bits per heavy atom. The van der Waals surface area contributed by atoms with Crippen molar-refractivity contribution >= 4 is 20.2 Å². The molecule has 0 amide bonds. The first-order chi connectivity index (χ1) is 12.8. The molecular formula is C17H38Cl2MnN6. The van der Waals surface area contributed by atoms with Crippen LogP contribution in [-0.4, -0.2) is 70.5 Å². The zero-order valence-corrected chi connectivity index (χ0v) is 18.5. The number of hydrogen-bond donors (Lipinski definition) is 6. The van der Waals surface area contributed by atoms with Crippen LogP contribution in [0.15, 0.2) is 0 Å². The first-order valence-electron chi connectivity index (χ1n) is 10.0. The van der Waals surface area contributed by atoms with Crippen LogP contribution >= 0.6 is 20.2 Å². The van der Waals surface area contributed by atoms with E-state index in [1.54, 1.807) is 0 Å². The Hall–Kier alpha value is 0.859. The van der Waals surface area contributed by atoms with E-state index in [4.69, 9.17) is 25.9 Å². The van der Waals surface area contributed by atoms with Crippen molar-refractivity contribution in [1.29, 1.82) is 0 Å². The Balaban J connectivity index is 0.00000105. The molecule has 0 bridgehead atoms. The second-order valence-corrected chi connectivity index (χ2v) is 8.95. The maximum absolute atomic E-state index is 5.70. The summed E-state index contributed by atoms with van der Waals surface area (Å²) in [6, 6.07) is 1.78. The molecule has 1 saturated carbocycles. The standard InChI is InChI=1S/C17H38N6.2ClH.Mn/c18-7-3-4-15-14-23-17-6-2-1-5-16(17)22-13-11-20-9-8-19-10-12-21-15;;;/h15-17,19-23H,1-14,18H2;2*1H;/q;;;+2/p-2/t15-,16+,17+;;;/m0.../s1. The number of hydrogen-bond acceptors (Lipinski definition) is 6. The molecule has 3 atom stereocenters. The van der Waals surface area contributed by atoms with Crippen molar-refractivity contribution in [2.75, 3.05) is 52.4 Å². The van der Waals surface area contributed by atoms with E-state index in [0.717, 1.165) is 65.2 Å². The van der Waals surface area contributed by atoms with E-state index in [0.29, 0.717) is 18.1 Å². The third kappa shape index (κ3) is 12.3. The fraction of sp³-hybridized carbons (Fsp3) is 1.00. The topological polar surface area (TPSA) is 86.2 Å². The summed E-state index contributed by atoms with van der Waals surface area (Å²) in [6.07, 6.45) is 7.59. The average Bonchev–Trinajstić information content (AvgIpc) is 2.66. The first kappa shape index (κ1) is 24.9. The minimum atomic E-state index is 0.00694. The Kier molecular flexibility index (Phi) is 17.2. The quantitative estimate of drug-likeness (QED) is 0.355. The average molecular weight is 452 g/mol. The fourth-order valence-corrected chi connectivity index (χ4v) is 3.69. The second-order valence-electron chi connectivity index (χ2n) is 7.00. The van der Waals surface area contributed by atoms with E-state index in [1.165, 1.54) is 25.7 Å². The molecule has 26 heavy (non-hydrogen) atoms. The molecule has 0 unspecified atom stereocenters. The van der Waals surface area contributed by atoms with Crippen LogP contribution in [0.25, 0.3) is 0 Å². The molecule has 157 valence electrons. The van der Waals surface area contributed by atoms with Crippen molar-refractivity contribution in [2.24, 2.45) is 5.73 Å². The van der Waals surface area contributed by atoms with Gasteiger partial charge in [0, 0.05) is 63.9 Å². The molecular weight excluding hydrogens is 414 g/mol. The van der Waals surface area contributed by atoms with Gasteiger partial charge in [-0.3, -0.25) is 0 Å². The zero-order chi connectivity index (χ0) is 18.9. The predicted octanol–water partition coefficient (Wildman–Crippen LogP) is 0.743. The molecule has 0 aromatic heterocycles. The molecule has 2 fully saturated rings. The van der Waals surface area contributed by atoms with Crippen molar-refractivity contribution in [3.05, 3.63) is 0 Å². The third-order valence-electron chi connectivity index (χ3n) is 5.07. The Labute approximate surface area is 174 Å². The number of nitrogens with two attached hydrogens (primary N) is 1. The van der Waals surface area contributed by atoms with Crippen LogP contribution < -0.4 is 32.3 Å². The molecule has 0 aromatic rings. The first-order valence-corrected chi connectivity index (χ1v) is 13.2. The molecule has 7 N–H and O–H groups in total. The third-order valence-corrected chi connectivity index (χ3v) is 5.07. The molecule has 1 heterocycles. The van der Waals surface area contributed by atoms with Crippen molar-refractivity contribution in [1.82, 2.24) is 26.6 Å². The van der Waals surface area contributed by atoms with Crippen molar-refractivity contribution in [2.45, 2.75) is 56.7 Å². The summed E-state index contributed by atoms with van der Waals surface area (Å²) in [6.45, 7) is 8.12. The van der Waals surface area contributed by atoms with Gasteiger partial charge in [0.25, 0.3) is 0 Å². The number of fused-ring (bicyclic) bond motifs is 1. The molecule has 0 spiro atoms. The number of rotatable bonds is 3. The van der Waals surface area contributed by atoms with Crippen LogP contribution in [0.2, 0.25) is 0 Å². The van der Waals surface area contributed by atoms with E-state index >= 15 is 0 Å². The number of nitrogens with one attached hydrogen (secondary N) is 5. The van der Waals surface area contributed by atoms with Gasteiger partial charge in [-0.2, -0.15) is 0 Å². The predicted molar refractivity (Wildman–Crippen MR) is 110 cm³/mol. The molecule has 0 radical (unpaired) electrons. The molecule has 1 aliphatic carbocycles. The monoisotopic (exact) mass is 451 g/mol. The van der Waals surface area contributed by atoms with E-state index < -0.39 is 0 Å². The summed E-state index contributed by atoms with van der Waals surface area (Å²) in [5.74, 6) is 0. The summed E-state index contributed by atoms with van der Waals surface area (Å²) in [5.41, 5.74) is 5.70. The van der Waals surface area contributed by atoms with Crippen molar-refractivity contribution in [3.63, 3.8) is 0 Å². The van der Waals surface area contributed by atoms with E-state index in [-0.39, 0.29) is 13.1 Å². The summed E-state index contributed by atoms with van der Waals surface area (Å²) in [5, 5.41) is 18.3. The maximum atomic E-state index is 5.70. The van der Waals surface area contributed by atoms with Crippen LogP contribution in [0.1, 0.15) is 38.5 Å². The SMILES string of the molecule is NCCC[C@H]1CN[C@@H]2CCCC[C@H]2NCCNCCNCCN1.[Cl][Mn][Cl]. The molecule has 1 saturated heterocycles. The van der Waals surface area contributed by atoms with E-state index in [2.05, 4.69) is 26.6 Å². The normalized spacial score (nSPS) is 29.4. The Morgan fingerprint density at radius 3 is 1.96 bits per heavy atom. The summed E-state index contributed by atoms with van der Waals surface area (Å²) in [7, 11) is 9.59. The van der Waals surface area contributed by atoms with Gasteiger partial charge in [0.1, 0.15) is 0 Å². The van der Waals surface area contributed by atoms with Gasteiger partial charge in [-0.05, 0) is 32.2 Å². The minimum absolute atomic E-state index is 0.00694. The van der Waals surface area contributed by atoms with Gasteiger partial charge in [-0.1, -0.05) is 12.8 Å². The van der Waals surface area contributed by atoms with E-state index in [9.17, 15) is 0 Å². The molecule has 2 rings (SSSR count). The Morgan fingerprint density at radius 1 is 0.808 bits per heavy atom. The van der Waals surface area contributed by atoms with Crippen molar-refractivity contribution in [3.8, 4) is 0 Å².